The van der Waals surface area contributed by atoms with Crippen LogP contribution < -0.4 is 10.1 Å². The summed E-state index contributed by atoms with van der Waals surface area (Å²) in [5, 5.41) is 3.77. The Balaban J connectivity index is 1.55. The molecule has 0 bridgehead atoms. The summed E-state index contributed by atoms with van der Waals surface area (Å²) >= 11 is 7.65. The van der Waals surface area contributed by atoms with Crippen molar-refractivity contribution in [3.63, 3.8) is 0 Å². The number of hydrogen-bond acceptors (Lipinski definition) is 3. The number of carbonyl (C=O) groups is 1. The van der Waals surface area contributed by atoms with Crippen LogP contribution in [-0.4, -0.2) is 13.0 Å². The Labute approximate surface area is 175 Å². The number of nitrogens with one attached hydrogen (secondary N) is 1. The van der Waals surface area contributed by atoms with E-state index in [-0.39, 0.29) is 11.9 Å². The van der Waals surface area contributed by atoms with Crippen molar-refractivity contribution in [3.05, 3.63) is 94.5 Å². The maximum absolute atomic E-state index is 12.5. The molecule has 0 radical (unpaired) electrons. The third kappa shape index (κ3) is 5.54. The fourth-order valence-corrected chi connectivity index (χ4v) is 3.69. The van der Waals surface area contributed by atoms with Gasteiger partial charge in [0.25, 0.3) is 5.91 Å². The molecule has 0 spiro atoms. The summed E-state index contributed by atoms with van der Waals surface area (Å²) in [4.78, 5) is 13.7. The number of rotatable bonds is 7. The van der Waals surface area contributed by atoms with Crippen molar-refractivity contribution < 1.29 is 9.53 Å². The van der Waals surface area contributed by atoms with Crippen LogP contribution in [0.1, 0.15) is 34.5 Å². The van der Waals surface area contributed by atoms with Crippen molar-refractivity contribution in [2.75, 3.05) is 7.11 Å². The molecule has 3 aromatic rings. The molecule has 0 aliphatic rings. The molecule has 0 aromatic heterocycles. The zero-order valence-electron chi connectivity index (χ0n) is 15.8. The second kappa shape index (κ2) is 9.67. The molecule has 0 heterocycles. The first kappa shape index (κ1) is 20.3. The van der Waals surface area contributed by atoms with Gasteiger partial charge in [-0.2, -0.15) is 0 Å². The largest absolute Gasteiger partial charge is 0.497 e. The molecule has 0 aliphatic carbocycles. The molecule has 28 heavy (non-hydrogen) atoms. The third-order valence-corrected chi connectivity index (χ3v) is 5.73. The lowest BCUT2D eigenvalue weighted by Gasteiger charge is -2.15. The topological polar surface area (TPSA) is 38.3 Å². The Kier molecular flexibility index (Phi) is 7.01. The summed E-state index contributed by atoms with van der Waals surface area (Å²) < 4.78 is 5.17. The van der Waals surface area contributed by atoms with Gasteiger partial charge in [0.1, 0.15) is 5.75 Å². The van der Waals surface area contributed by atoms with Gasteiger partial charge in [-0.05, 0) is 66.6 Å². The lowest BCUT2D eigenvalue weighted by molar-refractivity contribution is 0.0940. The number of thioether (sulfide) groups is 1. The van der Waals surface area contributed by atoms with Gasteiger partial charge in [0.2, 0.25) is 0 Å². The van der Waals surface area contributed by atoms with Crippen molar-refractivity contribution >= 4 is 29.3 Å². The summed E-state index contributed by atoms with van der Waals surface area (Å²) in [5.41, 5.74) is 2.85. The number of ether oxygens (including phenoxy) is 1. The first-order chi connectivity index (χ1) is 13.5. The van der Waals surface area contributed by atoms with Crippen LogP contribution in [0.4, 0.5) is 0 Å². The van der Waals surface area contributed by atoms with Crippen LogP contribution in [0, 0.1) is 0 Å². The van der Waals surface area contributed by atoms with E-state index < -0.39 is 0 Å². The van der Waals surface area contributed by atoms with Gasteiger partial charge in [-0.25, -0.2) is 0 Å². The highest BCUT2D eigenvalue weighted by atomic mass is 35.5. The van der Waals surface area contributed by atoms with Gasteiger partial charge < -0.3 is 10.1 Å². The van der Waals surface area contributed by atoms with E-state index in [1.807, 2.05) is 79.7 Å². The predicted molar refractivity (Wildman–Crippen MR) is 116 cm³/mol. The molecule has 1 N–H and O–H groups in total. The zero-order valence-corrected chi connectivity index (χ0v) is 17.4. The molecule has 0 fully saturated rings. The monoisotopic (exact) mass is 411 g/mol. The van der Waals surface area contributed by atoms with Gasteiger partial charge in [-0.1, -0.05) is 35.9 Å². The Hall–Kier alpha value is -2.43. The molecule has 1 atom stereocenters. The highest BCUT2D eigenvalue weighted by Crippen LogP contribution is 2.24. The van der Waals surface area contributed by atoms with Gasteiger partial charge >= 0.3 is 0 Å². The maximum Gasteiger partial charge on any atom is 0.251 e. The summed E-state index contributed by atoms with van der Waals surface area (Å²) in [5.74, 6) is 1.56. The van der Waals surface area contributed by atoms with E-state index in [9.17, 15) is 4.79 Å². The van der Waals surface area contributed by atoms with Crippen LogP contribution in [-0.2, 0) is 5.75 Å². The SMILES string of the molecule is COc1ccc([C@@H](C)NC(=O)c2ccc(CSc3ccc(Cl)cc3)cc2)cc1. The van der Waals surface area contributed by atoms with E-state index in [1.165, 1.54) is 10.5 Å². The minimum absolute atomic E-state index is 0.0831. The van der Waals surface area contributed by atoms with Gasteiger partial charge in [0.05, 0.1) is 13.2 Å². The Morgan fingerprint density at radius 1 is 1.00 bits per heavy atom. The van der Waals surface area contributed by atoms with Crippen molar-refractivity contribution in [2.45, 2.75) is 23.6 Å². The number of methoxy groups -OCH3 is 1. The van der Waals surface area contributed by atoms with Crippen molar-refractivity contribution in [3.8, 4) is 5.75 Å². The van der Waals surface area contributed by atoms with E-state index >= 15 is 0 Å². The van der Waals surface area contributed by atoms with E-state index in [2.05, 4.69) is 5.32 Å². The minimum Gasteiger partial charge on any atom is -0.497 e. The number of carbonyl (C=O) groups excluding carboxylic acids is 1. The molecule has 0 saturated heterocycles. The number of halogens is 1. The normalized spacial score (nSPS) is 11.7. The summed E-state index contributed by atoms with van der Waals surface area (Å²) in [7, 11) is 1.64. The second-order valence-electron chi connectivity index (χ2n) is 6.41. The van der Waals surface area contributed by atoms with Crippen LogP contribution in [0.25, 0.3) is 0 Å². The lowest BCUT2D eigenvalue weighted by Crippen LogP contribution is -2.26. The van der Waals surface area contributed by atoms with Gasteiger partial charge in [0, 0.05) is 21.2 Å². The molecule has 0 aliphatic heterocycles. The second-order valence-corrected chi connectivity index (χ2v) is 7.89. The van der Waals surface area contributed by atoms with E-state index in [4.69, 9.17) is 16.3 Å². The Bertz CT molecular complexity index is 909. The minimum atomic E-state index is -0.0847. The summed E-state index contributed by atoms with van der Waals surface area (Å²) in [6.45, 7) is 1.97. The zero-order chi connectivity index (χ0) is 19.9. The standard InChI is InChI=1S/C23H22ClNO2S/c1-16(18-7-11-21(27-2)12-8-18)25-23(26)19-5-3-17(4-6-19)15-28-22-13-9-20(24)10-14-22/h3-14,16H,15H2,1-2H3,(H,25,26)/t16-/m1/s1. The molecule has 5 heteroatoms. The average Bonchev–Trinajstić information content (AvgIpc) is 2.73. The molecule has 3 rings (SSSR count). The molecular weight excluding hydrogens is 390 g/mol. The molecule has 3 nitrogen and oxygen atoms in total. The van der Waals surface area contributed by atoms with E-state index in [0.717, 1.165) is 22.1 Å². The first-order valence-electron chi connectivity index (χ1n) is 8.97. The van der Waals surface area contributed by atoms with Crippen LogP contribution in [0.3, 0.4) is 0 Å². The summed E-state index contributed by atoms with van der Waals surface area (Å²) in [6, 6.07) is 23.2. The van der Waals surface area contributed by atoms with Crippen LogP contribution in [0.5, 0.6) is 5.75 Å². The van der Waals surface area contributed by atoms with E-state index in [0.29, 0.717) is 5.56 Å². The fourth-order valence-electron chi connectivity index (χ4n) is 2.71. The van der Waals surface area contributed by atoms with Crippen molar-refractivity contribution in [1.82, 2.24) is 5.32 Å². The maximum atomic E-state index is 12.5. The Morgan fingerprint density at radius 2 is 1.64 bits per heavy atom. The van der Waals surface area contributed by atoms with Crippen LogP contribution >= 0.6 is 23.4 Å². The molecule has 1 amide bonds. The van der Waals surface area contributed by atoms with Gasteiger partial charge in [-0.15, -0.1) is 11.8 Å². The quantitative estimate of drug-likeness (QED) is 0.475. The molecule has 0 saturated carbocycles. The lowest BCUT2D eigenvalue weighted by atomic mass is 10.1. The molecule has 0 unspecified atom stereocenters. The van der Waals surface area contributed by atoms with Crippen molar-refractivity contribution in [2.24, 2.45) is 0 Å². The number of amides is 1. The van der Waals surface area contributed by atoms with E-state index in [1.54, 1.807) is 18.9 Å². The predicted octanol–water partition coefficient (Wildman–Crippen LogP) is 6.13. The van der Waals surface area contributed by atoms with Crippen molar-refractivity contribution in [1.29, 1.82) is 0 Å². The van der Waals surface area contributed by atoms with Crippen LogP contribution in [0.15, 0.2) is 77.7 Å². The highest BCUT2D eigenvalue weighted by molar-refractivity contribution is 7.98. The number of hydrogen-bond donors (Lipinski definition) is 1. The van der Waals surface area contributed by atoms with Gasteiger partial charge in [0.15, 0.2) is 0 Å². The first-order valence-corrected chi connectivity index (χ1v) is 10.3. The Morgan fingerprint density at radius 3 is 2.25 bits per heavy atom. The smallest absolute Gasteiger partial charge is 0.251 e. The highest BCUT2D eigenvalue weighted by Gasteiger charge is 2.11. The number of benzene rings is 3. The fraction of sp³-hybridized carbons (Fsp3) is 0.174. The molecule has 3 aromatic carbocycles. The average molecular weight is 412 g/mol. The molecule has 144 valence electrons. The van der Waals surface area contributed by atoms with Gasteiger partial charge in [-0.3, -0.25) is 4.79 Å². The summed E-state index contributed by atoms with van der Waals surface area (Å²) in [6.07, 6.45) is 0. The van der Waals surface area contributed by atoms with Crippen LogP contribution in [0.2, 0.25) is 5.02 Å². The molecular formula is C23H22ClNO2S. The third-order valence-electron chi connectivity index (χ3n) is 4.40.